The van der Waals surface area contributed by atoms with Crippen LogP contribution in [0.4, 0.5) is 0 Å². The molecule has 2 fully saturated rings. The number of unbranched alkanes of at least 4 members (excludes halogenated alkanes) is 1. The van der Waals surface area contributed by atoms with Crippen LogP contribution in [0, 0.1) is 35.5 Å². The molecule has 3 unspecified atom stereocenters. The summed E-state index contributed by atoms with van der Waals surface area (Å²) in [5.41, 5.74) is 0. The van der Waals surface area contributed by atoms with Crippen LogP contribution in [0.5, 0.6) is 0 Å². The first-order chi connectivity index (χ1) is 7.15. The molecule has 0 aromatic heterocycles. The summed E-state index contributed by atoms with van der Waals surface area (Å²) in [6, 6.07) is 0. The second kappa shape index (κ2) is 4.47. The fourth-order valence-corrected chi connectivity index (χ4v) is 3.65. The van der Waals surface area contributed by atoms with E-state index in [-0.39, 0.29) is 0 Å². The molecule has 3 atom stereocenters. The summed E-state index contributed by atoms with van der Waals surface area (Å²) in [7, 11) is 0. The Bertz CT molecular complexity index is 196. The summed E-state index contributed by atoms with van der Waals surface area (Å²) < 4.78 is 0. The highest BCUT2D eigenvalue weighted by Gasteiger charge is 2.71. The Morgan fingerprint density at radius 2 is 1.53 bits per heavy atom. The van der Waals surface area contributed by atoms with Crippen molar-refractivity contribution >= 4 is 0 Å². The third-order valence-corrected chi connectivity index (χ3v) is 4.61. The van der Waals surface area contributed by atoms with Crippen molar-refractivity contribution in [3.63, 3.8) is 0 Å². The van der Waals surface area contributed by atoms with Gasteiger partial charge in [0.1, 0.15) is 0 Å². The topological polar surface area (TPSA) is 0 Å². The highest BCUT2D eigenvalue weighted by atomic mass is 14.8. The van der Waals surface area contributed by atoms with Gasteiger partial charge in [-0.2, -0.15) is 0 Å². The lowest BCUT2D eigenvalue weighted by Gasteiger charge is -2.17. The predicted octanol–water partition coefficient (Wildman–Crippen LogP) is 4.74. The normalized spacial score (nSPS) is 39.0. The van der Waals surface area contributed by atoms with Gasteiger partial charge >= 0.3 is 0 Å². The third kappa shape index (κ3) is 2.57. The Morgan fingerprint density at radius 3 is 2.07 bits per heavy atom. The largest absolute Gasteiger partial charge is 0.0654 e. The second-order valence-corrected chi connectivity index (χ2v) is 6.60. The number of fused-ring (bicyclic) bond motifs is 1. The van der Waals surface area contributed by atoms with Gasteiger partial charge in [0.25, 0.3) is 0 Å². The Balaban J connectivity index is 1.55. The fraction of sp³-hybridized carbons (Fsp3) is 1.00. The maximum Gasteiger partial charge on any atom is -0.0318 e. The molecule has 0 aliphatic heterocycles. The predicted molar refractivity (Wildman–Crippen MR) is 66.7 cm³/mol. The maximum atomic E-state index is 2.46. The lowest BCUT2D eigenvalue weighted by molar-refractivity contribution is 0.334. The molecule has 0 aromatic carbocycles. The Morgan fingerprint density at radius 1 is 0.933 bits per heavy atom. The van der Waals surface area contributed by atoms with Crippen molar-refractivity contribution in [2.45, 2.75) is 59.8 Å². The van der Waals surface area contributed by atoms with E-state index in [1.807, 2.05) is 0 Å². The van der Waals surface area contributed by atoms with Crippen molar-refractivity contribution in [2.24, 2.45) is 35.5 Å². The van der Waals surface area contributed by atoms with Crippen LogP contribution in [-0.2, 0) is 0 Å². The summed E-state index contributed by atoms with van der Waals surface area (Å²) in [5, 5.41) is 0. The molecule has 0 heterocycles. The fourth-order valence-electron chi connectivity index (χ4n) is 3.65. The van der Waals surface area contributed by atoms with Gasteiger partial charge in [-0.25, -0.2) is 0 Å². The molecule has 0 bridgehead atoms. The Kier molecular flexibility index (Phi) is 3.42. The molecule has 88 valence electrons. The molecule has 2 aliphatic rings. The third-order valence-electron chi connectivity index (χ3n) is 4.61. The maximum absolute atomic E-state index is 2.46. The van der Waals surface area contributed by atoms with E-state index in [0.29, 0.717) is 0 Å². The molecule has 0 spiro atoms. The smallest absolute Gasteiger partial charge is 0.0318 e. The SMILES string of the molecule is CCCCC(C)CC1C2C(CC(C)C)C12. The van der Waals surface area contributed by atoms with Crippen LogP contribution >= 0.6 is 0 Å². The van der Waals surface area contributed by atoms with E-state index in [2.05, 4.69) is 27.7 Å². The average Bonchev–Trinajstić information content (AvgIpc) is 3.03. The molecule has 15 heavy (non-hydrogen) atoms. The van der Waals surface area contributed by atoms with Gasteiger partial charge in [-0.05, 0) is 48.3 Å². The first-order valence-electron chi connectivity index (χ1n) is 7.15. The lowest BCUT2D eigenvalue weighted by atomic mass is 9.89. The van der Waals surface area contributed by atoms with Gasteiger partial charge in [-0.1, -0.05) is 47.0 Å². The Labute approximate surface area is 95.8 Å². The van der Waals surface area contributed by atoms with Gasteiger partial charge in [-0.15, -0.1) is 0 Å². The zero-order valence-electron chi connectivity index (χ0n) is 11.0. The minimum atomic E-state index is 0.931. The van der Waals surface area contributed by atoms with Crippen LogP contribution < -0.4 is 0 Å². The van der Waals surface area contributed by atoms with Crippen LogP contribution in [0.1, 0.15) is 59.8 Å². The van der Waals surface area contributed by atoms with E-state index in [4.69, 9.17) is 0 Å². The molecular weight excluding hydrogens is 180 g/mol. The van der Waals surface area contributed by atoms with Crippen LogP contribution in [0.3, 0.4) is 0 Å². The standard InChI is InChI=1S/C15H28/c1-5-6-7-11(4)9-13-14-12(15(13)14)8-10(2)3/h10-15H,5-9H2,1-4H3. The van der Waals surface area contributed by atoms with Gasteiger partial charge < -0.3 is 0 Å². The number of rotatable bonds is 7. The van der Waals surface area contributed by atoms with Crippen LogP contribution in [0.25, 0.3) is 0 Å². The highest BCUT2D eigenvalue weighted by molar-refractivity contribution is 5.19. The molecule has 0 radical (unpaired) electrons. The zero-order chi connectivity index (χ0) is 11.0. The summed E-state index contributed by atoms with van der Waals surface area (Å²) in [5.74, 6) is 6.64. The lowest BCUT2D eigenvalue weighted by Crippen LogP contribution is -2.07. The van der Waals surface area contributed by atoms with Crippen LogP contribution in [-0.4, -0.2) is 0 Å². The summed E-state index contributed by atoms with van der Waals surface area (Å²) in [6.07, 6.45) is 7.34. The minimum absolute atomic E-state index is 0.931. The van der Waals surface area contributed by atoms with Crippen LogP contribution in [0.2, 0.25) is 0 Å². The summed E-state index contributed by atoms with van der Waals surface area (Å²) in [6.45, 7) is 9.51. The molecule has 2 saturated carbocycles. The van der Waals surface area contributed by atoms with Crippen molar-refractivity contribution < 1.29 is 0 Å². The number of hydrogen-bond donors (Lipinski definition) is 0. The Hall–Kier alpha value is 0. The van der Waals surface area contributed by atoms with Gasteiger partial charge in [0.2, 0.25) is 0 Å². The van der Waals surface area contributed by atoms with Crippen molar-refractivity contribution in [1.82, 2.24) is 0 Å². The molecule has 0 amide bonds. The van der Waals surface area contributed by atoms with E-state index in [0.717, 1.165) is 17.8 Å². The van der Waals surface area contributed by atoms with Gasteiger partial charge in [0.15, 0.2) is 0 Å². The van der Waals surface area contributed by atoms with Gasteiger partial charge in [0, 0.05) is 0 Å². The van der Waals surface area contributed by atoms with E-state index >= 15 is 0 Å². The highest BCUT2D eigenvalue weighted by Crippen LogP contribution is 2.76. The summed E-state index contributed by atoms with van der Waals surface area (Å²) >= 11 is 0. The number of hydrogen-bond acceptors (Lipinski definition) is 0. The molecule has 0 saturated heterocycles. The van der Waals surface area contributed by atoms with E-state index < -0.39 is 0 Å². The molecule has 0 heteroatoms. The van der Waals surface area contributed by atoms with Crippen molar-refractivity contribution in [3.05, 3.63) is 0 Å². The molecule has 2 rings (SSSR count). The van der Waals surface area contributed by atoms with Crippen LogP contribution in [0.15, 0.2) is 0 Å². The molecule has 0 N–H and O–H groups in total. The van der Waals surface area contributed by atoms with E-state index in [1.165, 1.54) is 43.4 Å². The zero-order valence-corrected chi connectivity index (χ0v) is 11.0. The van der Waals surface area contributed by atoms with Gasteiger partial charge in [-0.3, -0.25) is 0 Å². The minimum Gasteiger partial charge on any atom is -0.0654 e. The van der Waals surface area contributed by atoms with E-state index in [1.54, 1.807) is 6.42 Å². The first kappa shape index (κ1) is 11.5. The molecule has 0 aromatic rings. The summed E-state index contributed by atoms with van der Waals surface area (Å²) in [4.78, 5) is 0. The molecule has 0 nitrogen and oxygen atoms in total. The molecule has 2 aliphatic carbocycles. The second-order valence-electron chi connectivity index (χ2n) is 6.60. The monoisotopic (exact) mass is 208 g/mol. The molecular formula is C15H28. The van der Waals surface area contributed by atoms with Crippen molar-refractivity contribution in [1.29, 1.82) is 0 Å². The van der Waals surface area contributed by atoms with Gasteiger partial charge in [0.05, 0.1) is 0 Å². The van der Waals surface area contributed by atoms with E-state index in [9.17, 15) is 0 Å². The van der Waals surface area contributed by atoms with Crippen molar-refractivity contribution in [3.8, 4) is 0 Å². The average molecular weight is 208 g/mol. The van der Waals surface area contributed by atoms with Crippen molar-refractivity contribution in [2.75, 3.05) is 0 Å². The quantitative estimate of drug-likeness (QED) is 0.567. The first-order valence-corrected chi connectivity index (χ1v) is 7.15.